The molecule has 4 heteroatoms. The number of fused-ring (bicyclic) bond motifs is 1. The highest BCUT2D eigenvalue weighted by Gasteiger charge is 1.99. The van der Waals surface area contributed by atoms with Crippen LogP contribution in [0.3, 0.4) is 0 Å². The second-order valence-electron chi connectivity index (χ2n) is 2.66. The predicted molar refractivity (Wildman–Crippen MR) is 48.6 cm³/mol. The Morgan fingerprint density at radius 2 is 2.38 bits per heavy atom. The van der Waals surface area contributed by atoms with E-state index in [1.54, 1.807) is 6.20 Å². The minimum Gasteiger partial charge on any atom is -0.492 e. The summed E-state index contributed by atoms with van der Waals surface area (Å²) < 4.78 is 10.3. The van der Waals surface area contributed by atoms with E-state index in [-0.39, 0.29) is 0 Å². The first-order valence-electron chi connectivity index (χ1n) is 4.07. The molecule has 0 saturated carbocycles. The highest BCUT2D eigenvalue weighted by Crippen LogP contribution is 2.19. The van der Waals surface area contributed by atoms with Crippen molar-refractivity contribution in [3.63, 3.8) is 0 Å². The number of nitrogens with two attached hydrogens (primary N) is 1. The molecule has 68 valence electrons. The summed E-state index contributed by atoms with van der Waals surface area (Å²) in [4.78, 5) is 0. The van der Waals surface area contributed by atoms with E-state index in [9.17, 15) is 0 Å². The van der Waals surface area contributed by atoms with Gasteiger partial charge in [0.1, 0.15) is 12.4 Å². The fourth-order valence-electron chi connectivity index (χ4n) is 1.12. The second-order valence-corrected chi connectivity index (χ2v) is 2.66. The summed E-state index contributed by atoms with van der Waals surface area (Å²) in [6.07, 6.45) is 1.66. The van der Waals surface area contributed by atoms with E-state index in [0.29, 0.717) is 13.2 Å². The van der Waals surface area contributed by atoms with Gasteiger partial charge in [-0.05, 0) is 18.2 Å². The van der Waals surface area contributed by atoms with E-state index < -0.39 is 0 Å². The molecule has 0 aliphatic heterocycles. The van der Waals surface area contributed by atoms with Gasteiger partial charge in [-0.1, -0.05) is 5.16 Å². The van der Waals surface area contributed by atoms with Crippen LogP contribution in [0.15, 0.2) is 28.9 Å². The predicted octanol–water partition coefficient (Wildman–Crippen LogP) is 1.17. The molecule has 1 aromatic carbocycles. The normalized spacial score (nSPS) is 10.5. The molecule has 0 bridgehead atoms. The van der Waals surface area contributed by atoms with E-state index in [2.05, 4.69) is 5.16 Å². The number of hydrogen-bond acceptors (Lipinski definition) is 4. The third-order valence-electron chi connectivity index (χ3n) is 1.71. The van der Waals surface area contributed by atoms with E-state index >= 15 is 0 Å². The standard InChI is InChI=1S/C9H10N2O2/c10-3-4-12-8-1-2-9-7(5-8)6-11-13-9/h1-2,5-6H,3-4,10H2. The number of ether oxygens (including phenoxy) is 1. The first kappa shape index (κ1) is 8.07. The lowest BCUT2D eigenvalue weighted by molar-refractivity contribution is 0.328. The molecule has 2 N–H and O–H groups in total. The van der Waals surface area contributed by atoms with Crippen molar-refractivity contribution < 1.29 is 9.26 Å². The third kappa shape index (κ3) is 1.62. The van der Waals surface area contributed by atoms with Crippen LogP contribution in [-0.2, 0) is 0 Å². The lowest BCUT2D eigenvalue weighted by atomic mass is 10.2. The fraction of sp³-hybridized carbons (Fsp3) is 0.222. The molecule has 4 nitrogen and oxygen atoms in total. The monoisotopic (exact) mass is 178 g/mol. The van der Waals surface area contributed by atoms with Gasteiger partial charge in [0, 0.05) is 11.9 Å². The van der Waals surface area contributed by atoms with Crippen LogP contribution in [0.25, 0.3) is 11.0 Å². The molecule has 0 unspecified atom stereocenters. The van der Waals surface area contributed by atoms with E-state index in [1.807, 2.05) is 18.2 Å². The SMILES string of the molecule is NCCOc1ccc2oncc2c1. The molecule has 13 heavy (non-hydrogen) atoms. The second kappa shape index (κ2) is 3.45. The average molecular weight is 178 g/mol. The first-order valence-corrected chi connectivity index (χ1v) is 4.07. The molecule has 0 aliphatic rings. The smallest absolute Gasteiger partial charge is 0.167 e. The molecule has 2 rings (SSSR count). The van der Waals surface area contributed by atoms with Gasteiger partial charge in [-0.3, -0.25) is 0 Å². The van der Waals surface area contributed by atoms with Crippen molar-refractivity contribution in [1.29, 1.82) is 0 Å². The Morgan fingerprint density at radius 1 is 1.46 bits per heavy atom. The minimum atomic E-state index is 0.516. The summed E-state index contributed by atoms with van der Waals surface area (Å²) >= 11 is 0. The lowest BCUT2D eigenvalue weighted by Gasteiger charge is -2.02. The fourth-order valence-corrected chi connectivity index (χ4v) is 1.12. The summed E-state index contributed by atoms with van der Waals surface area (Å²) in [5.74, 6) is 0.793. The molecule has 0 atom stereocenters. The third-order valence-corrected chi connectivity index (χ3v) is 1.71. The zero-order chi connectivity index (χ0) is 9.10. The van der Waals surface area contributed by atoms with Crippen LogP contribution in [0.2, 0.25) is 0 Å². The van der Waals surface area contributed by atoms with Crippen molar-refractivity contribution in [2.75, 3.05) is 13.2 Å². The molecule has 0 fully saturated rings. The molecule has 0 aliphatic carbocycles. The van der Waals surface area contributed by atoms with Crippen molar-refractivity contribution in [2.45, 2.75) is 0 Å². The van der Waals surface area contributed by atoms with Crippen LogP contribution in [0.5, 0.6) is 5.75 Å². The van der Waals surface area contributed by atoms with Gasteiger partial charge in [0.05, 0.1) is 6.20 Å². The van der Waals surface area contributed by atoms with E-state index in [0.717, 1.165) is 16.7 Å². The Kier molecular flexibility index (Phi) is 2.14. The van der Waals surface area contributed by atoms with Gasteiger partial charge in [0.15, 0.2) is 5.58 Å². The zero-order valence-electron chi connectivity index (χ0n) is 7.06. The first-order chi connectivity index (χ1) is 6.40. The van der Waals surface area contributed by atoms with Crippen molar-refractivity contribution in [2.24, 2.45) is 5.73 Å². The Hall–Kier alpha value is -1.55. The van der Waals surface area contributed by atoms with Crippen molar-refractivity contribution in [1.82, 2.24) is 5.16 Å². The Bertz CT molecular complexity index is 397. The molecule has 0 radical (unpaired) electrons. The molecular weight excluding hydrogens is 168 g/mol. The van der Waals surface area contributed by atoms with E-state index in [4.69, 9.17) is 15.0 Å². The number of hydrogen-bond donors (Lipinski definition) is 1. The summed E-state index contributed by atoms with van der Waals surface area (Å²) in [6.45, 7) is 1.04. The maximum atomic E-state index is 5.34. The molecule has 0 amide bonds. The lowest BCUT2D eigenvalue weighted by Crippen LogP contribution is -2.10. The van der Waals surface area contributed by atoms with Crippen LogP contribution < -0.4 is 10.5 Å². The highest BCUT2D eigenvalue weighted by atomic mass is 16.5. The Morgan fingerprint density at radius 3 is 3.23 bits per heavy atom. The van der Waals surface area contributed by atoms with Gasteiger partial charge in [0.25, 0.3) is 0 Å². The van der Waals surface area contributed by atoms with Gasteiger partial charge in [-0.15, -0.1) is 0 Å². The topological polar surface area (TPSA) is 61.3 Å². The number of rotatable bonds is 3. The summed E-state index contributed by atoms with van der Waals surface area (Å²) in [5, 5.41) is 4.61. The number of benzene rings is 1. The molecular formula is C9H10N2O2. The zero-order valence-corrected chi connectivity index (χ0v) is 7.06. The van der Waals surface area contributed by atoms with Crippen LogP contribution in [0.4, 0.5) is 0 Å². The Labute approximate surface area is 75.3 Å². The maximum Gasteiger partial charge on any atom is 0.167 e. The molecule has 0 saturated heterocycles. The average Bonchev–Trinajstić information content (AvgIpc) is 2.61. The van der Waals surface area contributed by atoms with Gasteiger partial charge < -0.3 is 15.0 Å². The van der Waals surface area contributed by atoms with Crippen LogP contribution >= 0.6 is 0 Å². The number of nitrogens with zero attached hydrogens (tertiary/aromatic N) is 1. The summed E-state index contributed by atoms with van der Waals surface area (Å²) in [7, 11) is 0. The minimum absolute atomic E-state index is 0.516. The van der Waals surface area contributed by atoms with Gasteiger partial charge in [-0.2, -0.15) is 0 Å². The molecule has 1 aromatic heterocycles. The van der Waals surface area contributed by atoms with E-state index in [1.165, 1.54) is 0 Å². The molecule has 2 aromatic rings. The van der Waals surface area contributed by atoms with Crippen molar-refractivity contribution in [3.05, 3.63) is 24.4 Å². The number of aromatic nitrogens is 1. The van der Waals surface area contributed by atoms with Crippen LogP contribution in [-0.4, -0.2) is 18.3 Å². The maximum absolute atomic E-state index is 5.34. The van der Waals surface area contributed by atoms with Crippen molar-refractivity contribution in [3.8, 4) is 5.75 Å². The van der Waals surface area contributed by atoms with Gasteiger partial charge >= 0.3 is 0 Å². The largest absolute Gasteiger partial charge is 0.492 e. The Balaban J connectivity index is 2.26. The summed E-state index contributed by atoms with van der Waals surface area (Å²) in [5.41, 5.74) is 6.08. The molecule has 1 heterocycles. The quantitative estimate of drug-likeness (QED) is 0.766. The van der Waals surface area contributed by atoms with Crippen LogP contribution in [0, 0.1) is 0 Å². The van der Waals surface area contributed by atoms with Gasteiger partial charge in [-0.25, -0.2) is 0 Å². The van der Waals surface area contributed by atoms with Crippen molar-refractivity contribution >= 4 is 11.0 Å². The van der Waals surface area contributed by atoms with Crippen LogP contribution in [0.1, 0.15) is 0 Å². The molecule has 0 spiro atoms. The summed E-state index contributed by atoms with van der Waals surface area (Å²) in [6, 6.07) is 5.54. The van der Waals surface area contributed by atoms with Gasteiger partial charge in [0.2, 0.25) is 0 Å². The highest BCUT2D eigenvalue weighted by molar-refractivity contribution is 5.77.